The summed E-state index contributed by atoms with van der Waals surface area (Å²) in [6.45, 7) is 4.43. The molecule has 0 aliphatic heterocycles. The SMILES string of the molecule is CCOc1ccccc1NC(=O)c1nnc2c(-c3ccc(Cl)cc3)c(COC)nn2c1C. The highest BCUT2D eigenvalue weighted by Crippen LogP contribution is 2.30. The van der Waals surface area contributed by atoms with Gasteiger partial charge in [-0.15, -0.1) is 10.2 Å². The van der Waals surface area contributed by atoms with E-state index in [0.29, 0.717) is 40.1 Å². The van der Waals surface area contributed by atoms with E-state index in [9.17, 15) is 4.79 Å². The fourth-order valence-electron chi connectivity index (χ4n) is 3.44. The number of para-hydroxylation sites is 2. The molecule has 0 saturated carbocycles. The number of amides is 1. The summed E-state index contributed by atoms with van der Waals surface area (Å²) < 4.78 is 12.5. The van der Waals surface area contributed by atoms with Crippen molar-refractivity contribution in [3.63, 3.8) is 0 Å². The van der Waals surface area contributed by atoms with E-state index in [-0.39, 0.29) is 12.3 Å². The van der Waals surface area contributed by atoms with Gasteiger partial charge in [0.05, 0.1) is 35.9 Å². The Morgan fingerprint density at radius 2 is 1.88 bits per heavy atom. The molecule has 1 amide bonds. The monoisotopic (exact) mass is 451 g/mol. The van der Waals surface area contributed by atoms with Crippen LogP contribution in [0, 0.1) is 6.92 Å². The van der Waals surface area contributed by atoms with Gasteiger partial charge in [0.15, 0.2) is 11.3 Å². The standard InChI is InChI=1S/C23H22ClN5O3/c1-4-32-19-8-6-5-7-17(19)25-23(30)21-14(2)29-22(27-26-21)20(18(28-29)13-31-3)15-9-11-16(24)12-10-15/h5-12H,4,13H2,1-3H3,(H,25,30). The van der Waals surface area contributed by atoms with Gasteiger partial charge in [0.2, 0.25) is 0 Å². The molecule has 0 fully saturated rings. The Kier molecular flexibility index (Phi) is 6.34. The van der Waals surface area contributed by atoms with Crippen LogP contribution in [0.4, 0.5) is 5.69 Å². The lowest BCUT2D eigenvalue weighted by Crippen LogP contribution is -2.19. The first-order chi connectivity index (χ1) is 15.5. The molecule has 0 unspecified atom stereocenters. The minimum atomic E-state index is -0.402. The molecule has 8 nitrogen and oxygen atoms in total. The number of nitrogens with one attached hydrogen (secondary N) is 1. The van der Waals surface area contributed by atoms with Gasteiger partial charge in [0.25, 0.3) is 5.91 Å². The third-order valence-electron chi connectivity index (χ3n) is 4.90. The Morgan fingerprint density at radius 1 is 1.12 bits per heavy atom. The van der Waals surface area contributed by atoms with Crippen LogP contribution < -0.4 is 10.1 Å². The number of benzene rings is 2. The molecule has 0 atom stereocenters. The summed E-state index contributed by atoms with van der Waals surface area (Å²) >= 11 is 6.04. The number of nitrogens with zero attached hydrogens (tertiary/aromatic N) is 4. The second-order valence-corrected chi connectivity index (χ2v) is 7.45. The molecular weight excluding hydrogens is 430 g/mol. The highest BCUT2D eigenvalue weighted by Gasteiger charge is 2.22. The zero-order valence-corrected chi connectivity index (χ0v) is 18.7. The molecule has 0 saturated heterocycles. The van der Waals surface area contributed by atoms with Crippen LogP contribution >= 0.6 is 11.6 Å². The molecule has 2 aromatic heterocycles. The van der Waals surface area contributed by atoms with Crippen LogP contribution in [0.25, 0.3) is 16.8 Å². The van der Waals surface area contributed by atoms with Crippen LogP contribution in [0.5, 0.6) is 5.75 Å². The Bertz CT molecular complexity index is 1270. The number of rotatable bonds is 7. The number of carbonyl (C=O) groups excluding carboxylic acids is 1. The summed E-state index contributed by atoms with van der Waals surface area (Å²) in [5, 5.41) is 16.7. The Hall–Kier alpha value is -3.49. The molecule has 0 aliphatic rings. The van der Waals surface area contributed by atoms with E-state index >= 15 is 0 Å². The fraction of sp³-hybridized carbons (Fsp3) is 0.217. The third-order valence-corrected chi connectivity index (χ3v) is 5.15. The van der Waals surface area contributed by atoms with Gasteiger partial charge in [0.1, 0.15) is 5.75 Å². The van der Waals surface area contributed by atoms with Crippen LogP contribution in [-0.2, 0) is 11.3 Å². The number of aryl methyl sites for hydroxylation is 1. The van der Waals surface area contributed by atoms with Gasteiger partial charge >= 0.3 is 0 Å². The summed E-state index contributed by atoms with van der Waals surface area (Å²) in [5.41, 5.74) is 4.16. The molecule has 0 radical (unpaired) electrons. The van der Waals surface area contributed by atoms with Crippen molar-refractivity contribution >= 4 is 28.8 Å². The second kappa shape index (κ2) is 9.33. The zero-order chi connectivity index (χ0) is 22.7. The number of ether oxygens (including phenoxy) is 2. The fourth-order valence-corrected chi connectivity index (χ4v) is 3.57. The van der Waals surface area contributed by atoms with E-state index < -0.39 is 5.91 Å². The van der Waals surface area contributed by atoms with Gasteiger partial charge < -0.3 is 14.8 Å². The molecule has 0 spiro atoms. The number of aromatic nitrogens is 4. The maximum absolute atomic E-state index is 13.0. The summed E-state index contributed by atoms with van der Waals surface area (Å²) in [4.78, 5) is 13.0. The van der Waals surface area contributed by atoms with Gasteiger partial charge in [-0.1, -0.05) is 35.9 Å². The lowest BCUT2D eigenvalue weighted by molar-refractivity contribution is 0.101. The van der Waals surface area contributed by atoms with Crippen molar-refractivity contribution in [2.75, 3.05) is 19.0 Å². The average Bonchev–Trinajstić information content (AvgIpc) is 3.15. The van der Waals surface area contributed by atoms with Gasteiger partial charge in [-0.3, -0.25) is 4.79 Å². The van der Waals surface area contributed by atoms with Gasteiger partial charge in [-0.25, -0.2) is 4.52 Å². The van der Waals surface area contributed by atoms with E-state index in [1.807, 2.05) is 31.2 Å². The predicted octanol–water partition coefficient (Wildman–Crippen LogP) is 4.55. The molecule has 0 bridgehead atoms. The van der Waals surface area contributed by atoms with Crippen molar-refractivity contribution in [2.45, 2.75) is 20.5 Å². The summed E-state index contributed by atoms with van der Waals surface area (Å²) in [6.07, 6.45) is 0. The molecule has 2 heterocycles. The van der Waals surface area contributed by atoms with Gasteiger partial charge in [0, 0.05) is 12.1 Å². The first-order valence-corrected chi connectivity index (χ1v) is 10.4. The number of halogens is 1. The largest absolute Gasteiger partial charge is 0.492 e. The van der Waals surface area contributed by atoms with Crippen molar-refractivity contribution in [3.8, 4) is 16.9 Å². The number of fused-ring (bicyclic) bond motifs is 1. The van der Waals surface area contributed by atoms with Crippen molar-refractivity contribution in [3.05, 3.63) is 70.6 Å². The minimum Gasteiger partial charge on any atom is -0.492 e. The molecule has 1 N–H and O–H groups in total. The molecule has 0 aliphatic carbocycles. The van der Waals surface area contributed by atoms with Crippen molar-refractivity contribution in [2.24, 2.45) is 0 Å². The van der Waals surface area contributed by atoms with Crippen LogP contribution in [0.15, 0.2) is 48.5 Å². The summed E-state index contributed by atoms with van der Waals surface area (Å²) in [7, 11) is 1.60. The summed E-state index contributed by atoms with van der Waals surface area (Å²) in [5.74, 6) is 0.183. The number of anilines is 1. The van der Waals surface area contributed by atoms with Crippen LogP contribution in [0.2, 0.25) is 5.02 Å². The third kappa shape index (κ3) is 4.15. The van der Waals surface area contributed by atoms with E-state index in [4.69, 9.17) is 21.1 Å². The van der Waals surface area contributed by atoms with Crippen LogP contribution in [0.1, 0.15) is 28.8 Å². The molecule has 2 aromatic carbocycles. The van der Waals surface area contributed by atoms with Crippen LogP contribution in [-0.4, -0.2) is 39.4 Å². The van der Waals surface area contributed by atoms with Crippen molar-refractivity contribution < 1.29 is 14.3 Å². The van der Waals surface area contributed by atoms with E-state index in [1.54, 1.807) is 42.8 Å². The van der Waals surface area contributed by atoms with Gasteiger partial charge in [-0.05, 0) is 43.7 Å². The average molecular weight is 452 g/mol. The maximum atomic E-state index is 13.0. The first kappa shape index (κ1) is 21.7. The molecule has 4 aromatic rings. The van der Waals surface area contributed by atoms with Crippen LogP contribution in [0.3, 0.4) is 0 Å². The lowest BCUT2D eigenvalue weighted by Gasteiger charge is -2.12. The maximum Gasteiger partial charge on any atom is 0.278 e. The number of methoxy groups -OCH3 is 1. The molecule has 32 heavy (non-hydrogen) atoms. The summed E-state index contributed by atoms with van der Waals surface area (Å²) in [6, 6.07) is 14.6. The molecule has 164 valence electrons. The van der Waals surface area contributed by atoms with Gasteiger partial charge in [-0.2, -0.15) is 5.10 Å². The normalized spacial score (nSPS) is 11.0. The van der Waals surface area contributed by atoms with Crippen molar-refractivity contribution in [1.82, 2.24) is 19.8 Å². The van der Waals surface area contributed by atoms with E-state index in [2.05, 4.69) is 20.6 Å². The molecule has 9 heteroatoms. The Balaban J connectivity index is 1.76. The highest BCUT2D eigenvalue weighted by atomic mass is 35.5. The van der Waals surface area contributed by atoms with E-state index in [1.165, 1.54) is 0 Å². The predicted molar refractivity (Wildman–Crippen MR) is 122 cm³/mol. The Morgan fingerprint density at radius 3 is 2.59 bits per heavy atom. The first-order valence-electron chi connectivity index (χ1n) is 10.1. The second-order valence-electron chi connectivity index (χ2n) is 7.01. The quantitative estimate of drug-likeness (QED) is 0.443. The minimum absolute atomic E-state index is 0.165. The number of carbonyl (C=O) groups is 1. The number of hydrogen-bond donors (Lipinski definition) is 1. The highest BCUT2D eigenvalue weighted by molar-refractivity contribution is 6.30. The molecule has 4 rings (SSSR count). The smallest absolute Gasteiger partial charge is 0.278 e. The lowest BCUT2D eigenvalue weighted by atomic mass is 10.1. The Labute approximate surface area is 190 Å². The zero-order valence-electron chi connectivity index (χ0n) is 17.9. The number of hydrogen-bond acceptors (Lipinski definition) is 6. The van der Waals surface area contributed by atoms with E-state index in [0.717, 1.165) is 11.1 Å². The molecular formula is C23H22ClN5O3. The topological polar surface area (TPSA) is 90.6 Å². The van der Waals surface area contributed by atoms with Crippen molar-refractivity contribution in [1.29, 1.82) is 0 Å².